The molecule has 1 N–H and O–H groups in total. The van der Waals surface area contributed by atoms with Crippen molar-refractivity contribution in [2.45, 2.75) is 38.4 Å². The van der Waals surface area contributed by atoms with Gasteiger partial charge in [0.1, 0.15) is 17.7 Å². The van der Waals surface area contributed by atoms with Gasteiger partial charge in [0.05, 0.1) is 17.2 Å². The average molecular weight is 490 g/mol. The lowest BCUT2D eigenvalue weighted by molar-refractivity contribution is 0.0359. The van der Waals surface area contributed by atoms with Crippen LogP contribution < -0.4 is 5.56 Å². The van der Waals surface area contributed by atoms with E-state index in [1.807, 2.05) is 0 Å². The van der Waals surface area contributed by atoms with E-state index in [0.29, 0.717) is 30.7 Å². The lowest BCUT2D eigenvalue weighted by atomic mass is 9.82. The van der Waals surface area contributed by atoms with Gasteiger partial charge in [-0.15, -0.1) is 0 Å². The molecule has 1 unspecified atom stereocenters. The SMILES string of the molecule is COCCN1C(=O)c2c3c(c(O)c(=O)n2C1C1CCC1)C(=O)N(Cc1ccc(F)c(Cl)c1)CC3. The number of halogens is 2. The van der Waals surface area contributed by atoms with E-state index in [-0.39, 0.29) is 41.2 Å². The number of amides is 2. The molecular formula is C24H25ClFN3O5. The molecule has 3 aliphatic rings. The van der Waals surface area contributed by atoms with Crippen LogP contribution in [0, 0.1) is 11.7 Å². The van der Waals surface area contributed by atoms with Crippen molar-refractivity contribution in [3.8, 4) is 5.75 Å². The van der Waals surface area contributed by atoms with Gasteiger partial charge in [-0.25, -0.2) is 4.39 Å². The topological polar surface area (TPSA) is 92.1 Å². The summed E-state index contributed by atoms with van der Waals surface area (Å²) in [5.41, 5.74) is 0.379. The zero-order chi connectivity index (χ0) is 24.1. The summed E-state index contributed by atoms with van der Waals surface area (Å²) in [4.78, 5) is 43.3. The number of aromatic hydroxyl groups is 1. The molecule has 1 saturated carbocycles. The minimum Gasteiger partial charge on any atom is -0.502 e. The van der Waals surface area contributed by atoms with Gasteiger partial charge in [-0.2, -0.15) is 0 Å². The minimum absolute atomic E-state index is 0.0509. The van der Waals surface area contributed by atoms with Crippen molar-refractivity contribution in [2.24, 2.45) is 5.92 Å². The zero-order valence-electron chi connectivity index (χ0n) is 18.7. The Labute approximate surface area is 200 Å². The van der Waals surface area contributed by atoms with Crippen molar-refractivity contribution in [1.82, 2.24) is 14.4 Å². The Kier molecular flexibility index (Phi) is 5.85. The number of carbonyl (C=O) groups is 2. The van der Waals surface area contributed by atoms with E-state index in [1.54, 1.807) is 12.0 Å². The molecule has 5 rings (SSSR count). The van der Waals surface area contributed by atoms with Gasteiger partial charge in [0.2, 0.25) is 0 Å². The molecular weight excluding hydrogens is 465 g/mol. The van der Waals surface area contributed by atoms with Crippen LogP contribution in [-0.4, -0.2) is 58.1 Å². The Morgan fingerprint density at radius 2 is 1.97 bits per heavy atom. The van der Waals surface area contributed by atoms with Gasteiger partial charge in [0.25, 0.3) is 17.4 Å². The van der Waals surface area contributed by atoms with Gasteiger partial charge in [-0.05, 0) is 42.9 Å². The van der Waals surface area contributed by atoms with Crippen molar-refractivity contribution in [3.05, 3.63) is 61.8 Å². The van der Waals surface area contributed by atoms with Crippen LogP contribution in [-0.2, 0) is 17.7 Å². The molecule has 0 bridgehead atoms. The molecule has 1 aliphatic carbocycles. The predicted molar refractivity (Wildman–Crippen MR) is 122 cm³/mol. The number of fused-ring (bicyclic) bond motifs is 3. The van der Waals surface area contributed by atoms with Gasteiger partial charge in [-0.3, -0.25) is 19.0 Å². The molecule has 1 fully saturated rings. The average Bonchev–Trinajstić information content (AvgIpc) is 3.05. The largest absolute Gasteiger partial charge is 0.502 e. The Hall–Kier alpha value is -2.91. The monoisotopic (exact) mass is 489 g/mol. The Morgan fingerprint density at radius 3 is 2.62 bits per heavy atom. The quantitative estimate of drug-likeness (QED) is 0.673. The summed E-state index contributed by atoms with van der Waals surface area (Å²) in [6, 6.07) is 4.20. The van der Waals surface area contributed by atoms with Crippen LogP contribution in [0.1, 0.15) is 57.4 Å². The number of carbonyl (C=O) groups excluding carboxylic acids is 2. The van der Waals surface area contributed by atoms with E-state index in [9.17, 15) is 23.9 Å². The molecule has 1 aromatic carbocycles. The van der Waals surface area contributed by atoms with Gasteiger partial charge in [0, 0.05) is 32.3 Å². The standard InChI is InChI=1S/C24H25ClFN3O5/c1-34-10-9-28-21(14-3-2-4-14)29-19(23(28)32)15-7-8-27(22(31)18(15)20(30)24(29)33)12-13-5-6-17(26)16(25)11-13/h5-6,11,14,21,30H,2-4,7-10,12H2,1H3. The maximum Gasteiger partial charge on any atom is 0.295 e. The molecule has 0 radical (unpaired) electrons. The van der Waals surface area contributed by atoms with Gasteiger partial charge < -0.3 is 19.6 Å². The van der Waals surface area contributed by atoms with E-state index in [2.05, 4.69) is 0 Å². The summed E-state index contributed by atoms with van der Waals surface area (Å²) in [5.74, 6) is -1.91. The van der Waals surface area contributed by atoms with E-state index >= 15 is 0 Å². The van der Waals surface area contributed by atoms with Crippen LogP contribution in [0.4, 0.5) is 4.39 Å². The third kappa shape index (κ3) is 3.49. The number of rotatable bonds is 6. The molecule has 180 valence electrons. The highest BCUT2D eigenvalue weighted by Crippen LogP contribution is 2.44. The van der Waals surface area contributed by atoms with Crippen molar-refractivity contribution in [1.29, 1.82) is 0 Å². The van der Waals surface area contributed by atoms with Crippen LogP contribution in [0.3, 0.4) is 0 Å². The van der Waals surface area contributed by atoms with Crippen LogP contribution >= 0.6 is 11.6 Å². The highest BCUT2D eigenvalue weighted by Gasteiger charge is 2.47. The normalized spacial score (nSPS) is 19.9. The fraction of sp³-hybridized carbons (Fsp3) is 0.458. The number of pyridine rings is 1. The van der Waals surface area contributed by atoms with Crippen LogP contribution in [0.25, 0.3) is 0 Å². The van der Waals surface area contributed by atoms with Crippen molar-refractivity contribution in [3.63, 3.8) is 0 Å². The lowest BCUT2D eigenvalue weighted by Crippen LogP contribution is -2.42. The second kappa shape index (κ2) is 8.70. The zero-order valence-corrected chi connectivity index (χ0v) is 19.5. The third-order valence-electron chi connectivity index (χ3n) is 7.13. The van der Waals surface area contributed by atoms with Crippen LogP contribution in [0.15, 0.2) is 23.0 Å². The second-order valence-corrected chi connectivity index (χ2v) is 9.45. The first-order chi connectivity index (χ1) is 16.3. The first kappa shape index (κ1) is 22.9. The maximum absolute atomic E-state index is 13.5. The smallest absolute Gasteiger partial charge is 0.295 e. The van der Waals surface area contributed by atoms with Crippen LogP contribution in [0.5, 0.6) is 5.75 Å². The molecule has 2 aliphatic heterocycles. The molecule has 10 heteroatoms. The summed E-state index contributed by atoms with van der Waals surface area (Å²) >= 11 is 5.87. The number of aromatic nitrogens is 1. The second-order valence-electron chi connectivity index (χ2n) is 9.05. The molecule has 0 spiro atoms. The number of hydrogen-bond donors (Lipinski definition) is 1. The maximum atomic E-state index is 13.5. The predicted octanol–water partition coefficient (Wildman–Crippen LogP) is 2.95. The lowest BCUT2D eigenvalue weighted by Gasteiger charge is -2.37. The molecule has 3 heterocycles. The number of methoxy groups -OCH3 is 1. The summed E-state index contributed by atoms with van der Waals surface area (Å²) in [6.45, 7) is 1.05. The van der Waals surface area contributed by atoms with Crippen molar-refractivity contribution >= 4 is 23.4 Å². The third-order valence-corrected chi connectivity index (χ3v) is 7.42. The fourth-order valence-corrected chi connectivity index (χ4v) is 5.43. The molecule has 2 aromatic rings. The molecule has 0 saturated heterocycles. The van der Waals surface area contributed by atoms with Crippen molar-refractivity contribution in [2.75, 3.05) is 26.8 Å². The van der Waals surface area contributed by atoms with Crippen LogP contribution in [0.2, 0.25) is 5.02 Å². The van der Waals surface area contributed by atoms with E-state index in [0.717, 1.165) is 19.3 Å². The fourth-order valence-electron chi connectivity index (χ4n) is 5.23. The number of benzene rings is 1. The summed E-state index contributed by atoms with van der Waals surface area (Å²) in [5, 5.41) is 10.8. The summed E-state index contributed by atoms with van der Waals surface area (Å²) < 4.78 is 20.1. The number of nitrogens with zero attached hydrogens (tertiary/aromatic N) is 3. The highest BCUT2D eigenvalue weighted by molar-refractivity contribution is 6.30. The van der Waals surface area contributed by atoms with E-state index in [1.165, 1.54) is 27.7 Å². The summed E-state index contributed by atoms with van der Waals surface area (Å²) in [6.07, 6.45) is 2.62. The number of hydrogen-bond acceptors (Lipinski definition) is 5. The van der Waals surface area contributed by atoms with Gasteiger partial charge in [-0.1, -0.05) is 24.1 Å². The molecule has 34 heavy (non-hydrogen) atoms. The first-order valence-electron chi connectivity index (χ1n) is 11.4. The first-order valence-corrected chi connectivity index (χ1v) is 11.7. The Morgan fingerprint density at radius 1 is 1.21 bits per heavy atom. The molecule has 8 nitrogen and oxygen atoms in total. The molecule has 2 amide bonds. The van der Waals surface area contributed by atoms with Crippen molar-refractivity contribution < 1.29 is 23.8 Å². The Balaban J connectivity index is 1.55. The van der Waals surface area contributed by atoms with Gasteiger partial charge in [0.15, 0.2) is 5.75 Å². The highest BCUT2D eigenvalue weighted by atomic mass is 35.5. The minimum atomic E-state index is -0.723. The molecule has 1 aromatic heterocycles. The van der Waals surface area contributed by atoms with E-state index in [4.69, 9.17) is 16.3 Å². The summed E-state index contributed by atoms with van der Waals surface area (Å²) in [7, 11) is 1.55. The van der Waals surface area contributed by atoms with Gasteiger partial charge >= 0.3 is 0 Å². The Bertz CT molecular complexity index is 1240. The number of ether oxygens (including phenoxy) is 1. The van der Waals surface area contributed by atoms with E-state index < -0.39 is 29.2 Å². The molecule has 1 atom stereocenters.